The van der Waals surface area contributed by atoms with Crippen LogP contribution in [0, 0.1) is 0 Å². The number of thioether (sulfide) groups is 1. The van der Waals surface area contributed by atoms with E-state index in [1.165, 1.54) is 18.0 Å². The molecule has 0 saturated heterocycles. The van der Waals surface area contributed by atoms with Crippen LogP contribution in [0.25, 0.3) is 0 Å². The number of nitrogens with zero attached hydrogens (tertiary/aromatic N) is 2. The molecule has 6 heteroatoms. The van der Waals surface area contributed by atoms with Crippen molar-refractivity contribution >= 4 is 24.0 Å². The molecular formula is C13H10N2O3S. The molecule has 5 nitrogen and oxygen atoms in total. The van der Waals surface area contributed by atoms with E-state index in [9.17, 15) is 9.59 Å². The van der Waals surface area contributed by atoms with E-state index in [4.69, 9.17) is 5.11 Å². The molecule has 19 heavy (non-hydrogen) atoms. The van der Waals surface area contributed by atoms with Crippen LogP contribution in [0.3, 0.4) is 0 Å². The van der Waals surface area contributed by atoms with Crippen molar-refractivity contribution in [2.75, 3.05) is 0 Å². The van der Waals surface area contributed by atoms with Gasteiger partial charge >= 0.3 is 5.97 Å². The topological polar surface area (TPSA) is 80.2 Å². The van der Waals surface area contributed by atoms with E-state index in [2.05, 4.69) is 9.97 Å². The van der Waals surface area contributed by atoms with Crippen LogP contribution in [0.4, 0.5) is 0 Å². The minimum Gasteiger partial charge on any atom is -0.476 e. The molecule has 1 N–H and O–H groups in total. The highest BCUT2D eigenvalue weighted by molar-refractivity contribution is 7.98. The molecule has 0 bridgehead atoms. The number of aromatic carboxylic acids is 1. The largest absolute Gasteiger partial charge is 0.476 e. The lowest BCUT2D eigenvalue weighted by Crippen LogP contribution is -2.07. The summed E-state index contributed by atoms with van der Waals surface area (Å²) in [6, 6.07) is 9.70. The highest BCUT2D eigenvalue weighted by Gasteiger charge is 2.13. The Morgan fingerprint density at radius 1 is 1.32 bits per heavy atom. The lowest BCUT2D eigenvalue weighted by atomic mass is 10.2. The van der Waals surface area contributed by atoms with Gasteiger partial charge in [0.25, 0.3) is 0 Å². The van der Waals surface area contributed by atoms with Crippen LogP contribution in [0.1, 0.15) is 26.4 Å². The lowest BCUT2D eigenvalue weighted by Gasteiger charge is -2.03. The molecule has 0 unspecified atom stereocenters. The number of aldehydes is 1. The maximum absolute atomic E-state index is 10.9. The normalized spacial score (nSPS) is 10.1. The van der Waals surface area contributed by atoms with Crippen LogP contribution in [-0.4, -0.2) is 27.3 Å². The quantitative estimate of drug-likeness (QED) is 0.512. The van der Waals surface area contributed by atoms with E-state index in [1.807, 2.05) is 30.3 Å². The van der Waals surface area contributed by atoms with Crippen molar-refractivity contribution in [1.29, 1.82) is 0 Å². The maximum atomic E-state index is 10.9. The summed E-state index contributed by atoms with van der Waals surface area (Å²) in [6.45, 7) is 0. The van der Waals surface area contributed by atoms with E-state index < -0.39 is 5.97 Å². The van der Waals surface area contributed by atoms with Crippen LogP contribution in [0.2, 0.25) is 0 Å². The third-order valence-corrected chi connectivity index (χ3v) is 3.27. The van der Waals surface area contributed by atoms with Crippen molar-refractivity contribution < 1.29 is 14.7 Å². The van der Waals surface area contributed by atoms with Crippen molar-refractivity contribution in [2.24, 2.45) is 0 Å². The predicted octanol–water partition coefficient (Wildman–Crippen LogP) is 2.28. The number of hydrogen-bond donors (Lipinski definition) is 1. The third-order valence-electron chi connectivity index (χ3n) is 2.34. The number of carbonyl (C=O) groups is 2. The molecule has 96 valence electrons. The molecule has 0 aliphatic carbocycles. The molecule has 0 aliphatic heterocycles. The van der Waals surface area contributed by atoms with Crippen LogP contribution in [0.15, 0.2) is 41.7 Å². The van der Waals surface area contributed by atoms with Gasteiger partial charge in [0.05, 0.1) is 5.56 Å². The van der Waals surface area contributed by atoms with Gasteiger partial charge in [-0.15, -0.1) is 0 Å². The van der Waals surface area contributed by atoms with Gasteiger partial charge in [-0.25, -0.2) is 14.8 Å². The summed E-state index contributed by atoms with van der Waals surface area (Å²) < 4.78 is 0. The second-order valence-corrected chi connectivity index (χ2v) is 4.60. The van der Waals surface area contributed by atoms with E-state index >= 15 is 0 Å². The fourth-order valence-corrected chi connectivity index (χ4v) is 2.20. The second-order valence-electron chi connectivity index (χ2n) is 3.65. The molecule has 0 radical (unpaired) electrons. The average molecular weight is 274 g/mol. The number of carbonyl (C=O) groups excluding carboxylic acids is 1. The summed E-state index contributed by atoms with van der Waals surface area (Å²) >= 11 is 1.32. The molecule has 0 atom stereocenters. The molecule has 0 spiro atoms. The Morgan fingerprint density at radius 3 is 2.68 bits per heavy atom. The molecular weight excluding hydrogens is 264 g/mol. The first-order valence-electron chi connectivity index (χ1n) is 5.43. The van der Waals surface area contributed by atoms with Gasteiger partial charge in [-0.1, -0.05) is 42.1 Å². The van der Waals surface area contributed by atoms with Gasteiger partial charge in [-0.05, 0) is 5.56 Å². The average Bonchev–Trinajstić information content (AvgIpc) is 2.46. The summed E-state index contributed by atoms with van der Waals surface area (Å²) in [5.74, 6) is -0.591. The van der Waals surface area contributed by atoms with Gasteiger partial charge in [-0.3, -0.25) is 4.79 Å². The van der Waals surface area contributed by atoms with Gasteiger partial charge in [-0.2, -0.15) is 0 Å². The van der Waals surface area contributed by atoms with Gasteiger partial charge in [0, 0.05) is 11.9 Å². The van der Waals surface area contributed by atoms with Crippen LogP contribution in [0.5, 0.6) is 0 Å². The fraction of sp³-hybridized carbons (Fsp3) is 0.0769. The number of carboxylic acids is 1. The molecule has 1 heterocycles. The van der Waals surface area contributed by atoms with Crippen LogP contribution < -0.4 is 0 Å². The maximum Gasteiger partial charge on any atom is 0.355 e. The number of benzene rings is 1. The van der Waals surface area contributed by atoms with Crippen LogP contribution in [-0.2, 0) is 5.75 Å². The first-order chi connectivity index (χ1) is 9.20. The summed E-state index contributed by atoms with van der Waals surface area (Å²) in [7, 11) is 0. The minimum atomic E-state index is -1.23. The standard InChI is InChI=1S/C13H10N2O3S/c16-7-10-6-14-13(15-11(10)12(17)18)19-8-9-4-2-1-3-5-9/h1-7H,8H2,(H,17,18). The van der Waals surface area contributed by atoms with Gasteiger partial charge in [0.2, 0.25) is 0 Å². The SMILES string of the molecule is O=Cc1cnc(SCc2ccccc2)nc1C(=O)O. The first kappa shape index (κ1) is 13.2. The Morgan fingerprint density at radius 2 is 2.05 bits per heavy atom. The monoisotopic (exact) mass is 274 g/mol. The zero-order valence-electron chi connectivity index (χ0n) is 9.81. The van der Waals surface area contributed by atoms with Crippen molar-refractivity contribution in [3.05, 3.63) is 53.3 Å². The summed E-state index contributed by atoms with van der Waals surface area (Å²) in [4.78, 5) is 29.5. The van der Waals surface area contributed by atoms with E-state index in [0.717, 1.165) is 5.56 Å². The van der Waals surface area contributed by atoms with Gasteiger partial charge in [0.1, 0.15) is 0 Å². The molecule has 0 aliphatic rings. The third kappa shape index (κ3) is 3.38. The minimum absolute atomic E-state index is 0.0171. The van der Waals surface area contributed by atoms with Crippen molar-refractivity contribution in [1.82, 2.24) is 9.97 Å². The van der Waals surface area contributed by atoms with Crippen molar-refractivity contribution in [2.45, 2.75) is 10.9 Å². The Kier molecular flexibility index (Phi) is 4.25. The molecule has 1 aromatic carbocycles. The van der Waals surface area contributed by atoms with E-state index in [0.29, 0.717) is 17.2 Å². The van der Waals surface area contributed by atoms with Crippen LogP contribution >= 0.6 is 11.8 Å². The van der Waals surface area contributed by atoms with Crippen molar-refractivity contribution in [3.63, 3.8) is 0 Å². The number of aromatic nitrogens is 2. The summed E-state index contributed by atoms with van der Waals surface area (Å²) in [6.07, 6.45) is 1.67. The molecule has 2 aromatic rings. The zero-order chi connectivity index (χ0) is 13.7. The smallest absolute Gasteiger partial charge is 0.355 e. The van der Waals surface area contributed by atoms with Gasteiger partial charge < -0.3 is 5.11 Å². The lowest BCUT2D eigenvalue weighted by molar-refractivity contribution is 0.0686. The Balaban J connectivity index is 2.15. The number of rotatable bonds is 5. The highest BCUT2D eigenvalue weighted by Crippen LogP contribution is 2.19. The Hall–Kier alpha value is -2.21. The van der Waals surface area contributed by atoms with Gasteiger partial charge in [0.15, 0.2) is 17.1 Å². The predicted molar refractivity (Wildman–Crippen MR) is 70.4 cm³/mol. The van der Waals surface area contributed by atoms with E-state index in [-0.39, 0.29) is 11.3 Å². The molecule has 0 amide bonds. The molecule has 0 saturated carbocycles. The Bertz CT molecular complexity index is 602. The van der Waals surface area contributed by atoms with E-state index in [1.54, 1.807) is 0 Å². The number of hydrogen-bond acceptors (Lipinski definition) is 5. The molecule has 2 rings (SSSR count). The second kappa shape index (κ2) is 6.10. The summed E-state index contributed by atoms with van der Waals surface area (Å²) in [5.41, 5.74) is 0.810. The van der Waals surface area contributed by atoms with Crippen molar-refractivity contribution in [3.8, 4) is 0 Å². The molecule has 1 aromatic heterocycles. The summed E-state index contributed by atoms with van der Waals surface area (Å²) in [5, 5.41) is 9.29. The Labute approximate surface area is 113 Å². The fourth-order valence-electron chi connectivity index (χ4n) is 1.42. The number of carboxylic acid groups (broad SMARTS) is 1. The molecule has 0 fully saturated rings. The zero-order valence-corrected chi connectivity index (χ0v) is 10.6. The highest BCUT2D eigenvalue weighted by atomic mass is 32.2. The first-order valence-corrected chi connectivity index (χ1v) is 6.41.